The molecule has 0 aliphatic heterocycles. The summed E-state index contributed by atoms with van der Waals surface area (Å²) in [5.41, 5.74) is 7.96. The molecule has 0 saturated carbocycles. The van der Waals surface area contributed by atoms with E-state index in [1.54, 1.807) is 0 Å². The van der Waals surface area contributed by atoms with E-state index in [0.29, 0.717) is 0 Å². The van der Waals surface area contributed by atoms with Crippen LogP contribution >= 0.6 is 0 Å². The summed E-state index contributed by atoms with van der Waals surface area (Å²) in [5.74, 6) is 0. The SMILES string of the molecule is Cc1ccc2c(-c3ccccc3)c3c(nc2c1)CCCC3. The molecule has 1 heteroatoms. The number of fused-ring (bicyclic) bond motifs is 2. The van der Waals surface area contributed by atoms with Crippen molar-refractivity contribution in [1.82, 2.24) is 4.98 Å². The Balaban J connectivity index is 2.10. The molecule has 2 aromatic carbocycles. The van der Waals surface area contributed by atoms with E-state index >= 15 is 0 Å². The van der Waals surface area contributed by atoms with Crippen LogP contribution in [0.15, 0.2) is 48.5 Å². The molecule has 0 saturated heterocycles. The fraction of sp³-hybridized carbons (Fsp3) is 0.250. The second-order valence-electron chi connectivity index (χ2n) is 6.01. The maximum Gasteiger partial charge on any atom is 0.0714 e. The molecule has 104 valence electrons. The quantitative estimate of drug-likeness (QED) is 0.602. The molecule has 4 rings (SSSR count). The summed E-state index contributed by atoms with van der Waals surface area (Å²) in [6.45, 7) is 2.14. The van der Waals surface area contributed by atoms with Crippen LogP contribution in [0.3, 0.4) is 0 Å². The van der Waals surface area contributed by atoms with Crippen molar-refractivity contribution in [2.75, 3.05) is 0 Å². The third kappa shape index (κ3) is 2.13. The minimum atomic E-state index is 1.12. The molecule has 1 heterocycles. The van der Waals surface area contributed by atoms with Gasteiger partial charge in [-0.2, -0.15) is 0 Å². The molecule has 0 fully saturated rings. The summed E-state index contributed by atoms with van der Waals surface area (Å²) >= 11 is 0. The first-order chi connectivity index (χ1) is 10.3. The number of pyridine rings is 1. The second kappa shape index (κ2) is 5.00. The molecule has 0 bridgehead atoms. The topological polar surface area (TPSA) is 12.9 Å². The van der Waals surface area contributed by atoms with Crippen LogP contribution in [0.5, 0.6) is 0 Å². The molecule has 0 unspecified atom stereocenters. The largest absolute Gasteiger partial charge is 0.253 e. The Labute approximate surface area is 125 Å². The first-order valence-corrected chi connectivity index (χ1v) is 7.80. The van der Waals surface area contributed by atoms with E-state index in [2.05, 4.69) is 55.5 Å². The first kappa shape index (κ1) is 12.6. The van der Waals surface area contributed by atoms with Gasteiger partial charge in [-0.25, -0.2) is 0 Å². The monoisotopic (exact) mass is 273 g/mol. The van der Waals surface area contributed by atoms with Crippen molar-refractivity contribution in [1.29, 1.82) is 0 Å². The maximum absolute atomic E-state index is 4.96. The van der Waals surface area contributed by atoms with Crippen LogP contribution in [0, 0.1) is 6.92 Å². The van der Waals surface area contributed by atoms with Crippen LogP contribution in [0.4, 0.5) is 0 Å². The Bertz CT molecular complexity index is 803. The lowest BCUT2D eigenvalue weighted by Gasteiger charge is -2.21. The van der Waals surface area contributed by atoms with Gasteiger partial charge in [-0.1, -0.05) is 42.5 Å². The maximum atomic E-state index is 4.96. The third-order valence-electron chi connectivity index (χ3n) is 4.48. The molecule has 3 aromatic rings. The van der Waals surface area contributed by atoms with Gasteiger partial charge in [0.05, 0.1) is 5.52 Å². The van der Waals surface area contributed by atoms with Gasteiger partial charge in [0.25, 0.3) is 0 Å². The minimum absolute atomic E-state index is 1.12. The Kier molecular flexibility index (Phi) is 2.99. The second-order valence-corrected chi connectivity index (χ2v) is 6.01. The van der Waals surface area contributed by atoms with Gasteiger partial charge < -0.3 is 0 Å². The number of hydrogen-bond acceptors (Lipinski definition) is 1. The molecule has 1 aromatic heterocycles. The zero-order chi connectivity index (χ0) is 14.2. The van der Waals surface area contributed by atoms with Crippen LogP contribution in [-0.2, 0) is 12.8 Å². The van der Waals surface area contributed by atoms with Gasteiger partial charge in [0, 0.05) is 11.1 Å². The summed E-state index contributed by atoms with van der Waals surface area (Å²) in [5, 5.41) is 1.30. The zero-order valence-corrected chi connectivity index (χ0v) is 12.4. The van der Waals surface area contributed by atoms with Crippen LogP contribution in [0.25, 0.3) is 22.0 Å². The molecule has 0 atom stereocenters. The van der Waals surface area contributed by atoms with E-state index in [1.165, 1.54) is 46.2 Å². The lowest BCUT2D eigenvalue weighted by atomic mass is 9.86. The van der Waals surface area contributed by atoms with Gasteiger partial charge in [0.2, 0.25) is 0 Å². The van der Waals surface area contributed by atoms with Crippen molar-refractivity contribution < 1.29 is 0 Å². The van der Waals surface area contributed by atoms with Crippen molar-refractivity contribution in [3.63, 3.8) is 0 Å². The van der Waals surface area contributed by atoms with E-state index in [9.17, 15) is 0 Å². The lowest BCUT2D eigenvalue weighted by Crippen LogP contribution is -2.08. The molecule has 21 heavy (non-hydrogen) atoms. The molecule has 1 aliphatic rings. The lowest BCUT2D eigenvalue weighted by molar-refractivity contribution is 0.672. The summed E-state index contributed by atoms with van der Waals surface area (Å²) in [4.78, 5) is 4.96. The van der Waals surface area contributed by atoms with Gasteiger partial charge in [0.1, 0.15) is 0 Å². The molecule has 1 nitrogen and oxygen atoms in total. The van der Waals surface area contributed by atoms with Crippen molar-refractivity contribution in [3.8, 4) is 11.1 Å². The first-order valence-electron chi connectivity index (χ1n) is 7.80. The van der Waals surface area contributed by atoms with Crippen molar-refractivity contribution in [3.05, 3.63) is 65.4 Å². The Morgan fingerprint density at radius 2 is 1.71 bits per heavy atom. The summed E-state index contributed by atoms with van der Waals surface area (Å²) in [6.07, 6.45) is 4.84. The van der Waals surface area contributed by atoms with E-state index in [-0.39, 0.29) is 0 Å². The van der Waals surface area contributed by atoms with E-state index in [0.717, 1.165) is 18.4 Å². The number of benzene rings is 2. The number of aromatic nitrogens is 1. The van der Waals surface area contributed by atoms with Gasteiger partial charge >= 0.3 is 0 Å². The standard InChI is InChI=1S/C20H19N/c1-14-11-12-17-19(13-14)21-18-10-6-5-9-16(18)20(17)15-7-3-2-4-8-15/h2-4,7-8,11-13H,5-6,9-10H2,1H3. The highest BCUT2D eigenvalue weighted by atomic mass is 14.7. The highest BCUT2D eigenvalue weighted by Crippen LogP contribution is 2.36. The number of nitrogens with zero attached hydrogens (tertiary/aromatic N) is 1. The number of aryl methyl sites for hydroxylation is 2. The molecule has 0 spiro atoms. The highest BCUT2D eigenvalue weighted by Gasteiger charge is 2.18. The average Bonchev–Trinajstić information content (AvgIpc) is 2.53. The van der Waals surface area contributed by atoms with E-state index in [1.807, 2.05) is 0 Å². The molecule has 1 aliphatic carbocycles. The van der Waals surface area contributed by atoms with Crippen LogP contribution in [0.1, 0.15) is 29.7 Å². The smallest absolute Gasteiger partial charge is 0.0714 e. The highest BCUT2D eigenvalue weighted by molar-refractivity contribution is 5.97. The molecule has 0 amide bonds. The molecule has 0 radical (unpaired) electrons. The Morgan fingerprint density at radius 3 is 2.57 bits per heavy atom. The third-order valence-corrected chi connectivity index (χ3v) is 4.48. The fourth-order valence-corrected chi connectivity index (χ4v) is 3.47. The van der Waals surface area contributed by atoms with Gasteiger partial charge in [-0.3, -0.25) is 4.98 Å². The molecule has 0 N–H and O–H groups in total. The average molecular weight is 273 g/mol. The Morgan fingerprint density at radius 1 is 0.905 bits per heavy atom. The van der Waals surface area contributed by atoms with Crippen molar-refractivity contribution >= 4 is 10.9 Å². The predicted molar refractivity (Wildman–Crippen MR) is 88.6 cm³/mol. The predicted octanol–water partition coefficient (Wildman–Crippen LogP) is 5.09. The van der Waals surface area contributed by atoms with Crippen LogP contribution < -0.4 is 0 Å². The normalized spacial score (nSPS) is 14.1. The van der Waals surface area contributed by atoms with Crippen molar-refractivity contribution in [2.24, 2.45) is 0 Å². The van der Waals surface area contributed by atoms with Crippen LogP contribution in [-0.4, -0.2) is 4.98 Å². The summed E-state index contributed by atoms with van der Waals surface area (Å²) in [7, 11) is 0. The Hall–Kier alpha value is -2.15. The summed E-state index contributed by atoms with van der Waals surface area (Å²) < 4.78 is 0. The van der Waals surface area contributed by atoms with Gasteiger partial charge in [-0.05, 0) is 60.9 Å². The molecular formula is C20H19N. The molecular weight excluding hydrogens is 254 g/mol. The van der Waals surface area contributed by atoms with E-state index in [4.69, 9.17) is 4.98 Å². The van der Waals surface area contributed by atoms with Crippen molar-refractivity contribution in [2.45, 2.75) is 32.6 Å². The van der Waals surface area contributed by atoms with E-state index < -0.39 is 0 Å². The van der Waals surface area contributed by atoms with Crippen LogP contribution in [0.2, 0.25) is 0 Å². The zero-order valence-electron chi connectivity index (χ0n) is 12.4. The van der Waals surface area contributed by atoms with Gasteiger partial charge in [-0.15, -0.1) is 0 Å². The fourth-order valence-electron chi connectivity index (χ4n) is 3.47. The number of rotatable bonds is 1. The number of hydrogen-bond donors (Lipinski definition) is 0. The van der Waals surface area contributed by atoms with Gasteiger partial charge in [0.15, 0.2) is 0 Å². The summed E-state index contributed by atoms with van der Waals surface area (Å²) in [6, 6.07) is 17.5. The minimum Gasteiger partial charge on any atom is -0.253 e.